The highest BCUT2D eigenvalue weighted by atomic mass is 16.5. The second-order valence-electron chi connectivity index (χ2n) is 7.86. The number of anilines is 1. The van der Waals surface area contributed by atoms with E-state index < -0.39 is 0 Å². The van der Waals surface area contributed by atoms with Crippen LogP contribution < -0.4 is 20.9 Å². The fourth-order valence-corrected chi connectivity index (χ4v) is 3.65. The monoisotopic (exact) mass is 402 g/mol. The number of piperidine rings is 1. The van der Waals surface area contributed by atoms with Crippen molar-refractivity contribution in [2.75, 3.05) is 38.2 Å². The van der Waals surface area contributed by atoms with Gasteiger partial charge in [-0.3, -0.25) is 4.99 Å². The van der Waals surface area contributed by atoms with Gasteiger partial charge in [0.05, 0.1) is 12.6 Å². The molecular weight excluding hydrogens is 368 g/mol. The molecule has 1 saturated heterocycles. The molecule has 1 aromatic heterocycles. The smallest absolute Gasteiger partial charge is 0.407 e. The van der Waals surface area contributed by atoms with Gasteiger partial charge in [-0.1, -0.05) is 6.07 Å². The number of aryl methyl sites for hydroxylation is 1. The van der Waals surface area contributed by atoms with E-state index in [4.69, 9.17) is 4.74 Å². The van der Waals surface area contributed by atoms with E-state index >= 15 is 0 Å². The average molecular weight is 403 g/mol. The molecule has 3 N–H and O–H groups in total. The van der Waals surface area contributed by atoms with E-state index in [1.807, 2.05) is 13.1 Å². The molecule has 2 fully saturated rings. The van der Waals surface area contributed by atoms with Crippen molar-refractivity contribution in [2.45, 2.75) is 51.6 Å². The van der Waals surface area contributed by atoms with Gasteiger partial charge in [-0.25, -0.2) is 9.78 Å². The number of ether oxygens (including phenoxy) is 1. The summed E-state index contributed by atoms with van der Waals surface area (Å²) in [6.45, 7) is 6.85. The number of hydrogen-bond acceptors (Lipinski definition) is 5. The molecule has 2 aliphatic rings. The molecule has 29 heavy (non-hydrogen) atoms. The standard InChI is InChI=1S/C21H34N6O2/c1-4-29-21(28)26-18(16-6-7-16)14-24-20(22-3)25-17-9-11-27(12-10-17)19-8-5-15(2)13-23-19/h5,8,13,16-18H,4,6-7,9-12,14H2,1-3H3,(H,26,28)(H2,22,24,25). The number of aromatic nitrogens is 1. The molecule has 1 aromatic rings. The van der Waals surface area contributed by atoms with Crippen molar-refractivity contribution in [3.05, 3.63) is 23.9 Å². The van der Waals surface area contributed by atoms with Crippen molar-refractivity contribution in [3.63, 3.8) is 0 Å². The first kappa shape index (κ1) is 21.2. The zero-order chi connectivity index (χ0) is 20.6. The minimum absolute atomic E-state index is 0.0714. The molecule has 8 nitrogen and oxygen atoms in total. The molecule has 0 bridgehead atoms. The predicted octanol–water partition coefficient (Wildman–Crippen LogP) is 2.05. The van der Waals surface area contributed by atoms with Gasteiger partial charge in [0.2, 0.25) is 0 Å². The molecule has 1 aliphatic heterocycles. The molecule has 1 atom stereocenters. The number of nitrogens with one attached hydrogen (secondary N) is 3. The fourth-order valence-electron chi connectivity index (χ4n) is 3.65. The van der Waals surface area contributed by atoms with E-state index in [0.29, 0.717) is 25.1 Å². The average Bonchev–Trinajstić information content (AvgIpc) is 3.56. The highest BCUT2D eigenvalue weighted by Gasteiger charge is 2.32. The Balaban J connectivity index is 1.43. The lowest BCUT2D eigenvalue weighted by atomic mass is 10.1. The van der Waals surface area contributed by atoms with Crippen LogP contribution in [-0.2, 0) is 4.74 Å². The summed E-state index contributed by atoms with van der Waals surface area (Å²) in [5.41, 5.74) is 1.18. The summed E-state index contributed by atoms with van der Waals surface area (Å²) in [7, 11) is 1.78. The molecular formula is C21H34N6O2. The lowest BCUT2D eigenvalue weighted by molar-refractivity contribution is 0.146. The largest absolute Gasteiger partial charge is 0.450 e. The third kappa shape index (κ3) is 6.51. The maximum Gasteiger partial charge on any atom is 0.407 e. The summed E-state index contributed by atoms with van der Waals surface area (Å²) >= 11 is 0. The first-order valence-corrected chi connectivity index (χ1v) is 10.7. The van der Waals surface area contributed by atoms with Crippen LogP contribution >= 0.6 is 0 Å². The predicted molar refractivity (Wildman–Crippen MR) is 115 cm³/mol. The summed E-state index contributed by atoms with van der Waals surface area (Å²) in [6.07, 6.45) is 5.94. The topological polar surface area (TPSA) is 90.9 Å². The van der Waals surface area contributed by atoms with E-state index in [2.05, 4.69) is 49.9 Å². The molecule has 0 radical (unpaired) electrons. The molecule has 1 amide bonds. The normalized spacial score (nSPS) is 18.9. The number of nitrogens with zero attached hydrogens (tertiary/aromatic N) is 3. The summed E-state index contributed by atoms with van der Waals surface area (Å²) < 4.78 is 5.02. The number of hydrogen-bond donors (Lipinski definition) is 3. The second-order valence-corrected chi connectivity index (χ2v) is 7.86. The van der Waals surface area contributed by atoms with Gasteiger partial charge in [0.15, 0.2) is 5.96 Å². The van der Waals surface area contributed by atoms with Gasteiger partial charge in [0.1, 0.15) is 5.82 Å². The van der Waals surface area contributed by atoms with Crippen LogP contribution in [0.3, 0.4) is 0 Å². The van der Waals surface area contributed by atoms with Crippen LogP contribution in [0.4, 0.5) is 10.6 Å². The number of alkyl carbamates (subject to hydrolysis) is 1. The molecule has 0 aromatic carbocycles. The summed E-state index contributed by atoms with van der Waals surface area (Å²) in [5, 5.41) is 9.88. The quantitative estimate of drug-likeness (QED) is 0.478. The van der Waals surface area contributed by atoms with Gasteiger partial charge < -0.3 is 25.6 Å². The summed E-state index contributed by atoms with van der Waals surface area (Å²) in [6, 6.07) is 4.65. The molecule has 1 unspecified atom stereocenters. The minimum Gasteiger partial charge on any atom is -0.450 e. The van der Waals surface area contributed by atoms with Gasteiger partial charge in [-0.15, -0.1) is 0 Å². The van der Waals surface area contributed by atoms with E-state index in [-0.39, 0.29) is 12.1 Å². The Hall–Kier alpha value is -2.51. The van der Waals surface area contributed by atoms with Gasteiger partial charge in [-0.05, 0) is 57.1 Å². The fraction of sp³-hybridized carbons (Fsp3) is 0.667. The highest BCUT2D eigenvalue weighted by Crippen LogP contribution is 2.32. The van der Waals surface area contributed by atoms with Crippen LogP contribution in [0.2, 0.25) is 0 Å². The number of aliphatic imine (C=N–C) groups is 1. The third-order valence-corrected chi connectivity index (χ3v) is 5.54. The Labute approximate surface area is 173 Å². The van der Waals surface area contributed by atoms with Gasteiger partial charge in [0.25, 0.3) is 0 Å². The third-order valence-electron chi connectivity index (χ3n) is 5.54. The lowest BCUT2D eigenvalue weighted by Gasteiger charge is -2.34. The van der Waals surface area contributed by atoms with Crippen molar-refractivity contribution in [1.29, 1.82) is 0 Å². The number of pyridine rings is 1. The second kappa shape index (κ2) is 10.3. The van der Waals surface area contributed by atoms with Crippen LogP contribution in [-0.4, -0.2) is 62.4 Å². The molecule has 1 aliphatic carbocycles. The first-order valence-electron chi connectivity index (χ1n) is 10.7. The first-order chi connectivity index (χ1) is 14.1. The Morgan fingerprint density at radius 3 is 2.66 bits per heavy atom. The van der Waals surface area contributed by atoms with Crippen LogP contribution in [0.25, 0.3) is 0 Å². The van der Waals surface area contributed by atoms with Crippen molar-refractivity contribution >= 4 is 17.9 Å². The highest BCUT2D eigenvalue weighted by molar-refractivity contribution is 5.80. The van der Waals surface area contributed by atoms with Gasteiger partial charge in [-0.2, -0.15) is 0 Å². The SMILES string of the molecule is CCOC(=O)NC(CNC(=NC)NC1CCN(c2ccc(C)cn2)CC1)C1CC1. The van der Waals surface area contributed by atoms with Crippen LogP contribution in [0, 0.1) is 12.8 Å². The zero-order valence-corrected chi connectivity index (χ0v) is 17.8. The van der Waals surface area contributed by atoms with E-state index in [9.17, 15) is 4.79 Å². The summed E-state index contributed by atoms with van der Waals surface area (Å²) in [4.78, 5) is 23.0. The lowest BCUT2D eigenvalue weighted by Crippen LogP contribution is -2.52. The van der Waals surface area contributed by atoms with Gasteiger partial charge >= 0.3 is 6.09 Å². The number of rotatable bonds is 7. The van der Waals surface area contributed by atoms with Crippen molar-refractivity contribution in [1.82, 2.24) is 20.9 Å². The summed E-state index contributed by atoms with van der Waals surface area (Å²) in [5.74, 6) is 2.36. The Kier molecular flexibility index (Phi) is 7.55. The maximum atomic E-state index is 11.8. The van der Waals surface area contributed by atoms with E-state index in [1.54, 1.807) is 7.05 Å². The van der Waals surface area contributed by atoms with Crippen LogP contribution in [0.15, 0.2) is 23.3 Å². The van der Waals surface area contributed by atoms with Gasteiger partial charge in [0, 0.05) is 38.9 Å². The zero-order valence-electron chi connectivity index (χ0n) is 17.8. The number of guanidine groups is 1. The van der Waals surface area contributed by atoms with E-state index in [0.717, 1.165) is 50.6 Å². The molecule has 8 heteroatoms. The minimum atomic E-state index is -0.341. The van der Waals surface area contributed by atoms with Crippen molar-refractivity contribution in [2.24, 2.45) is 10.9 Å². The van der Waals surface area contributed by atoms with Crippen molar-refractivity contribution < 1.29 is 9.53 Å². The number of carbonyl (C=O) groups excluding carboxylic acids is 1. The van der Waals surface area contributed by atoms with Crippen molar-refractivity contribution in [3.8, 4) is 0 Å². The van der Waals surface area contributed by atoms with Crippen LogP contribution in [0.5, 0.6) is 0 Å². The molecule has 160 valence electrons. The number of amides is 1. The Bertz CT molecular complexity index is 681. The Morgan fingerprint density at radius 1 is 1.31 bits per heavy atom. The van der Waals surface area contributed by atoms with E-state index in [1.165, 1.54) is 5.56 Å². The van der Waals surface area contributed by atoms with Crippen LogP contribution in [0.1, 0.15) is 38.2 Å². The molecule has 0 spiro atoms. The number of carbonyl (C=O) groups is 1. The Morgan fingerprint density at radius 2 is 2.07 bits per heavy atom. The maximum absolute atomic E-state index is 11.8. The molecule has 2 heterocycles. The molecule has 1 saturated carbocycles. The molecule has 3 rings (SSSR count).